The number of rotatable bonds is 9. The van der Waals surface area contributed by atoms with E-state index >= 15 is 0 Å². The van der Waals surface area contributed by atoms with Crippen molar-refractivity contribution >= 4 is 11.9 Å². The SMILES string of the molecule is CCc1ccc(C(=O)OCC(=O)NCc2ccc(OC(F)F)c(OC)c2)cc1. The van der Waals surface area contributed by atoms with Crippen molar-refractivity contribution in [3.8, 4) is 11.5 Å². The van der Waals surface area contributed by atoms with E-state index in [2.05, 4.69) is 10.1 Å². The van der Waals surface area contributed by atoms with E-state index in [4.69, 9.17) is 9.47 Å². The Bertz CT molecular complexity index is 809. The molecule has 0 heterocycles. The highest BCUT2D eigenvalue weighted by Gasteiger charge is 2.13. The molecule has 0 unspecified atom stereocenters. The first-order valence-corrected chi connectivity index (χ1v) is 8.57. The molecule has 0 aliphatic rings. The van der Waals surface area contributed by atoms with Crippen molar-refractivity contribution in [2.24, 2.45) is 0 Å². The van der Waals surface area contributed by atoms with Gasteiger partial charge in [0.15, 0.2) is 18.1 Å². The average Bonchev–Trinajstić information content (AvgIpc) is 2.70. The molecular weight excluding hydrogens is 372 g/mol. The van der Waals surface area contributed by atoms with Gasteiger partial charge in [0.2, 0.25) is 0 Å². The summed E-state index contributed by atoms with van der Waals surface area (Å²) in [5.74, 6) is -1.07. The first-order valence-electron chi connectivity index (χ1n) is 8.57. The minimum atomic E-state index is -2.97. The van der Waals surface area contributed by atoms with Crippen LogP contribution in [0.4, 0.5) is 8.78 Å². The molecule has 1 amide bonds. The summed E-state index contributed by atoms with van der Waals surface area (Å²) in [5.41, 5.74) is 2.06. The molecule has 8 heteroatoms. The maximum atomic E-state index is 12.3. The third-order valence-corrected chi connectivity index (χ3v) is 3.87. The molecule has 0 radical (unpaired) electrons. The van der Waals surface area contributed by atoms with E-state index in [0.29, 0.717) is 11.1 Å². The highest BCUT2D eigenvalue weighted by Crippen LogP contribution is 2.29. The molecule has 0 aromatic heterocycles. The molecule has 0 aliphatic carbocycles. The molecule has 0 saturated carbocycles. The largest absolute Gasteiger partial charge is 0.493 e. The molecule has 2 aromatic rings. The van der Waals surface area contributed by atoms with Crippen molar-refractivity contribution < 1.29 is 32.6 Å². The van der Waals surface area contributed by atoms with Gasteiger partial charge in [0.1, 0.15) is 0 Å². The molecule has 0 spiro atoms. The Morgan fingerprint density at radius 2 is 1.71 bits per heavy atom. The fourth-order valence-electron chi connectivity index (χ4n) is 2.36. The van der Waals surface area contributed by atoms with Crippen molar-refractivity contribution in [1.82, 2.24) is 5.32 Å². The second kappa shape index (κ2) is 10.2. The number of hydrogen-bond donors (Lipinski definition) is 1. The Labute approximate surface area is 161 Å². The first-order chi connectivity index (χ1) is 13.4. The second-order valence-corrected chi connectivity index (χ2v) is 5.77. The highest BCUT2D eigenvalue weighted by molar-refractivity contribution is 5.91. The molecule has 0 saturated heterocycles. The van der Waals surface area contributed by atoms with E-state index in [0.717, 1.165) is 12.0 Å². The topological polar surface area (TPSA) is 73.9 Å². The van der Waals surface area contributed by atoms with E-state index < -0.39 is 25.1 Å². The quantitative estimate of drug-likeness (QED) is 0.662. The van der Waals surface area contributed by atoms with E-state index in [-0.39, 0.29) is 18.0 Å². The number of nitrogens with one attached hydrogen (secondary N) is 1. The van der Waals surface area contributed by atoms with Crippen LogP contribution in [0.1, 0.15) is 28.4 Å². The van der Waals surface area contributed by atoms with Crippen LogP contribution in [-0.2, 0) is 22.5 Å². The number of amides is 1. The lowest BCUT2D eigenvalue weighted by molar-refractivity contribution is -0.124. The van der Waals surface area contributed by atoms with E-state index in [1.54, 1.807) is 12.1 Å². The first kappa shape index (κ1) is 21.1. The van der Waals surface area contributed by atoms with E-state index in [1.165, 1.54) is 25.3 Å². The molecule has 1 N–H and O–H groups in total. The number of benzene rings is 2. The standard InChI is InChI=1S/C20H21F2NO5/c1-3-13-4-7-15(8-5-13)19(25)27-12-18(24)23-11-14-6-9-16(28-20(21)22)17(10-14)26-2/h4-10,20H,3,11-12H2,1-2H3,(H,23,24). The maximum Gasteiger partial charge on any atom is 0.387 e. The van der Waals surface area contributed by atoms with Gasteiger partial charge in [-0.1, -0.05) is 25.1 Å². The minimum Gasteiger partial charge on any atom is -0.493 e. The summed E-state index contributed by atoms with van der Waals surface area (Å²) in [5, 5.41) is 2.57. The van der Waals surface area contributed by atoms with Crippen molar-refractivity contribution in [3.05, 3.63) is 59.2 Å². The van der Waals surface area contributed by atoms with Crippen molar-refractivity contribution in [1.29, 1.82) is 0 Å². The number of halogens is 2. The molecule has 2 rings (SSSR count). The molecule has 0 atom stereocenters. The smallest absolute Gasteiger partial charge is 0.387 e. The number of carbonyl (C=O) groups excluding carboxylic acids is 2. The third-order valence-electron chi connectivity index (χ3n) is 3.87. The van der Waals surface area contributed by atoms with Gasteiger partial charge in [0.05, 0.1) is 12.7 Å². The summed E-state index contributed by atoms with van der Waals surface area (Å²) in [4.78, 5) is 23.8. The fraction of sp³-hybridized carbons (Fsp3) is 0.300. The van der Waals surface area contributed by atoms with E-state index in [9.17, 15) is 18.4 Å². The third kappa shape index (κ3) is 6.22. The fourth-order valence-corrected chi connectivity index (χ4v) is 2.36. The maximum absolute atomic E-state index is 12.3. The summed E-state index contributed by atoms with van der Waals surface area (Å²) in [6.45, 7) is -1.29. The Morgan fingerprint density at radius 3 is 2.32 bits per heavy atom. The average molecular weight is 393 g/mol. The lowest BCUT2D eigenvalue weighted by Gasteiger charge is -2.12. The number of ether oxygens (including phenoxy) is 3. The Morgan fingerprint density at radius 1 is 1.04 bits per heavy atom. The number of alkyl halides is 2. The van der Waals surface area contributed by atoms with Gasteiger partial charge in [-0.2, -0.15) is 8.78 Å². The molecule has 2 aromatic carbocycles. The Hall–Kier alpha value is -3.16. The number of esters is 1. The van der Waals surface area contributed by atoms with Gasteiger partial charge < -0.3 is 19.5 Å². The highest BCUT2D eigenvalue weighted by atomic mass is 19.3. The van der Waals surface area contributed by atoms with Gasteiger partial charge in [-0.25, -0.2) is 4.79 Å². The number of methoxy groups -OCH3 is 1. The summed E-state index contributed by atoms with van der Waals surface area (Å²) < 4.78 is 39.0. The zero-order valence-electron chi connectivity index (χ0n) is 15.5. The van der Waals surface area contributed by atoms with Gasteiger partial charge in [-0.3, -0.25) is 4.79 Å². The predicted molar refractivity (Wildman–Crippen MR) is 97.6 cm³/mol. The number of carbonyl (C=O) groups is 2. The van der Waals surface area contributed by atoms with Crippen LogP contribution in [0.5, 0.6) is 11.5 Å². The van der Waals surface area contributed by atoms with Gasteiger partial charge in [0, 0.05) is 6.54 Å². The van der Waals surface area contributed by atoms with Crippen molar-refractivity contribution in [2.45, 2.75) is 26.5 Å². The normalized spacial score (nSPS) is 10.5. The lowest BCUT2D eigenvalue weighted by Crippen LogP contribution is -2.28. The minimum absolute atomic E-state index is 0.101. The number of aryl methyl sites for hydroxylation is 1. The van der Waals surface area contributed by atoms with Gasteiger partial charge in [-0.15, -0.1) is 0 Å². The van der Waals surface area contributed by atoms with Crippen molar-refractivity contribution in [3.63, 3.8) is 0 Å². The van der Waals surface area contributed by atoms with Crippen molar-refractivity contribution in [2.75, 3.05) is 13.7 Å². The predicted octanol–water partition coefficient (Wildman–Crippen LogP) is 3.33. The molecule has 0 aliphatic heterocycles. The summed E-state index contributed by atoms with van der Waals surface area (Å²) >= 11 is 0. The molecule has 28 heavy (non-hydrogen) atoms. The second-order valence-electron chi connectivity index (χ2n) is 5.77. The Kier molecular flexibility index (Phi) is 7.74. The monoisotopic (exact) mass is 393 g/mol. The van der Waals surface area contributed by atoms with Crippen LogP contribution < -0.4 is 14.8 Å². The van der Waals surface area contributed by atoms with Gasteiger partial charge in [0.25, 0.3) is 5.91 Å². The van der Waals surface area contributed by atoms with Crippen LogP contribution in [0.2, 0.25) is 0 Å². The molecular formula is C20H21F2NO5. The summed E-state index contributed by atoms with van der Waals surface area (Å²) in [7, 11) is 1.32. The molecule has 6 nitrogen and oxygen atoms in total. The Balaban J connectivity index is 1.83. The summed E-state index contributed by atoms with van der Waals surface area (Å²) in [6, 6.07) is 11.3. The zero-order chi connectivity index (χ0) is 20.5. The molecule has 150 valence electrons. The molecule has 0 fully saturated rings. The van der Waals surface area contributed by atoms with Crippen LogP contribution in [0.3, 0.4) is 0 Å². The summed E-state index contributed by atoms with van der Waals surface area (Å²) in [6.07, 6.45) is 0.859. The van der Waals surface area contributed by atoms with Crippen LogP contribution in [0.25, 0.3) is 0 Å². The van der Waals surface area contributed by atoms with Crippen LogP contribution >= 0.6 is 0 Å². The lowest BCUT2D eigenvalue weighted by atomic mass is 10.1. The number of hydrogen-bond acceptors (Lipinski definition) is 5. The van der Waals surface area contributed by atoms with Gasteiger partial charge >= 0.3 is 12.6 Å². The van der Waals surface area contributed by atoms with Crippen LogP contribution in [0, 0.1) is 0 Å². The van der Waals surface area contributed by atoms with Crippen LogP contribution in [0.15, 0.2) is 42.5 Å². The zero-order valence-corrected chi connectivity index (χ0v) is 15.5. The van der Waals surface area contributed by atoms with Gasteiger partial charge in [-0.05, 0) is 41.8 Å². The van der Waals surface area contributed by atoms with E-state index in [1.807, 2.05) is 19.1 Å². The van der Waals surface area contributed by atoms with Crippen LogP contribution in [-0.4, -0.2) is 32.2 Å². The molecule has 0 bridgehead atoms.